The van der Waals surface area contributed by atoms with Crippen molar-refractivity contribution in [3.63, 3.8) is 0 Å². The minimum absolute atomic E-state index is 0.0261. The number of hydrogen-bond acceptors (Lipinski definition) is 5. The summed E-state index contributed by atoms with van der Waals surface area (Å²) >= 11 is 0. The van der Waals surface area contributed by atoms with Crippen molar-refractivity contribution in [1.82, 2.24) is 10.1 Å². The standard InChI is InChI=1S/C12H13F3N4O/c1-19(2)7-3-4-9(12(13,14)15)8(5-7)11-17-10(6-16)20-18-11/h3-5H,6,16H2,1-2H3. The van der Waals surface area contributed by atoms with Crippen LogP contribution in [0, 0.1) is 0 Å². The van der Waals surface area contributed by atoms with E-state index < -0.39 is 11.7 Å². The van der Waals surface area contributed by atoms with Crippen molar-refractivity contribution < 1.29 is 17.7 Å². The lowest BCUT2D eigenvalue weighted by molar-refractivity contribution is -0.137. The maximum atomic E-state index is 13.0. The zero-order valence-corrected chi connectivity index (χ0v) is 10.9. The Kier molecular flexibility index (Phi) is 3.67. The van der Waals surface area contributed by atoms with Crippen LogP contribution in [-0.4, -0.2) is 24.2 Å². The third-order valence-corrected chi connectivity index (χ3v) is 2.71. The number of anilines is 1. The fourth-order valence-corrected chi connectivity index (χ4v) is 1.69. The van der Waals surface area contributed by atoms with Crippen molar-refractivity contribution in [2.75, 3.05) is 19.0 Å². The predicted octanol–water partition coefficient (Wildman–Crippen LogP) is 2.28. The monoisotopic (exact) mass is 286 g/mol. The highest BCUT2D eigenvalue weighted by Crippen LogP contribution is 2.37. The lowest BCUT2D eigenvalue weighted by Crippen LogP contribution is -2.12. The van der Waals surface area contributed by atoms with Crippen molar-refractivity contribution >= 4 is 5.69 Å². The maximum Gasteiger partial charge on any atom is 0.417 e. The largest absolute Gasteiger partial charge is 0.417 e. The molecule has 2 aromatic rings. The molecule has 0 fully saturated rings. The van der Waals surface area contributed by atoms with Gasteiger partial charge in [-0.25, -0.2) is 0 Å². The van der Waals surface area contributed by atoms with Gasteiger partial charge in [0.2, 0.25) is 11.7 Å². The van der Waals surface area contributed by atoms with E-state index in [4.69, 9.17) is 10.3 Å². The molecule has 0 radical (unpaired) electrons. The molecule has 108 valence electrons. The van der Waals surface area contributed by atoms with Crippen LogP contribution in [0.25, 0.3) is 11.4 Å². The lowest BCUT2D eigenvalue weighted by Gasteiger charge is -2.16. The number of nitrogens with two attached hydrogens (primary N) is 1. The number of benzene rings is 1. The number of aromatic nitrogens is 2. The normalized spacial score (nSPS) is 11.7. The van der Waals surface area contributed by atoms with Gasteiger partial charge in [-0.15, -0.1) is 0 Å². The first-order valence-corrected chi connectivity index (χ1v) is 5.74. The number of hydrogen-bond donors (Lipinski definition) is 1. The average Bonchev–Trinajstić information content (AvgIpc) is 2.85. The van der Waals surface area contributed by atoms with E-state index in [2.05, 4.69) is 10.1 Å². The lowest BCUT2D eigenvalue weighted by atomic mass is 10.1. The highest BCUT2D eigenvalue weighted by molar-refractivity contribution is 5.67. The molecular weight excluding hydrogens is 273 g/mol. The molecule has 0 saturated heterocycles. The van der Waals surface area contributed by atoms with Gasteiger partial charge in [0.15, 0.2) is 0 Å². The molecule has 1 aromatic heterocycles. The molecule has 0 atom stereocenters. The maximum absolute atomic E-state index is 13.0. The van der Waals surface area contributed by atoms with Crippen LogP contribution in [0.2, 0.25) is 0 Å². The van der Waals surface area contributed by atoms with Gasteiger partial charge in [-0.3, -0.25) is 0 Å². The first kappa shape index (κ1) is 14.3. The minimum atomic E-state index is -4.50. The van der Waals surface area contributed by atoms with Crippen LogP contribution in [0.1, 0.15) is 11.5 Å². The summed E-state index contributed by atoms with van der Waals surface area (Å²) in [5.41, 5.74) is 4.98. The topological polar surface area (TPSA) is 68.2 Å². The van der Waals surface area contributed by atoms with Gasteiger partial charge < -0.3 is 15.2 Å². The summed E-state index contributed by atoms with van der Waals surface area (Å²) in [7, 11) is 3.46. The van der Waals surface area contributed by atoms with Gasteiger partial charge in [-0.2, -0.15) is 18.2 Å². The van der Waals surface area contributed by atoms with E-state index in [-0.39, 0.29) is 23.8 Å². The first-order valence-electron chi connectivity index (χ1n) is 5.74. The van der Waals surface area contributed by atoms with Crippen LogP contribution in [-0.2, 0) is 12.7 Å². The summed E-state index contributed by atoms with van der Waals surface area (Å²) in [6, 6.07) is 3.76. The molecule has 1 heterocycles. The first-order chi connectivity index (χ1) is 9.32. The fraction of sp³-hybridized carbons (Fsp3) is 0.333. The Morgan fingerprint density at radius 1 is 1.30 bits per heavy atom. The molecule has 2 rings (SSSR count). The van der Waals surface area contributed by atoms with Crippen molar-refractivity contribution in [2.24, 2.45) is 5.73 Å². The Balaban J connectivity index is 2.60. The van der Waals surface area contributed by atoms with Gasteiger partial charge >= 0.3 is 6.18 Å². The fourth-order valence-electron chi connectivity index (χ4n) is 1.69. The predicted molar refractivity (Wildman–Crippen MR) is 67.0 cm³/mol. The Labute approximate surface area is 113 Å². The zero-order valence-electron chi connectivity index (χ0n) is 10.9. The van der Waals surface area contributed by atoms with Crippen LogP contribution >= 0.6 is 0 Å². The van der Waals surface area contributed by atoms with Gasteiger partial charge in [0, 0.05) is 25.3 Å². The minimum Gasteiger partial charge on any atom is -0.378 e. The molecule has 20 heavy (non-hydrogen) atoms. The van der Waals surface area contributed by atoms with Crippen LogP contribution in [0.5, 0.6) is 0 Å². The molecule has 2 N–H and O–H groups in total. The van der Waals surface area contributed by atoms with Crippen molar-refractivity contribution in [2.45, 2.75) is 12.7 Å². The van der Waals surface area contributed by atoms with E-state index in [0.717, 1.165) is 6.07 Å². The van der Waals surface area contributed by atoms with Gasteiger partial charge in [-0.1, -0.05) is 5.16 Å². The summed E-state index contributed by atoms with van der Waals surface area (Å²) in [4.78, 5) is 5.54. The van der Waals surface area contributed by atoms with Crippen LogP contribution in [0.4, 0.5) is 18.9 Å². The number of rotatable bonds is 3. The molecule has 0 aliphatic carbocycles. The Morgan fingerprint density at radius 2 is 2.00 bits per heavy atom. The van der Waals surface area contributed by atoms with Gasteiger partial charge in [-0.05, 0) is 18.2 Å². The number of halogens is 3. The summed E-state index contributed by atoms with van der Waals surface area (Å²) in [6.07, 6.45) is -4.50. The smallest absolute Gasteiger partial charge is 0.378 e. The van der Waals surface area contributed by atoms with E-state index >= 15 is 0 Å². The van der Waals surface area contributed by atoms with Gasteiger partial charge in [0.1, 0.15) is 0 Å². The van der Waals surface area contributed by atoms with E-state index in [0.29, 0.717) is 5.69 Å². The molecular formula is C12H13F3N4O. The van der Waals surface area contributed by atoms with Crippen LogP contribution in [0.15, 0.2) is 22.7 Å². The highest BCUT2D eigenvalue weighted by atomic mass is 19.4. The highest BCUT2D eigenvalue weighted by Gasteiger charge is 2.35. The molecule has 0 spiro atoms. The Morgan fingerprint density at radius 3 is 2.50 bits per heavy atom. The SMILES string of the molecule is CN(C)c1ccc(C(F)(F)F)c(-c2noc(CN)n2)c1. The molecule has 8 heteroatoms. The second-order valence-corrected chi connectivity index (χ2v) is 4.34. The van der Waals surface area contributed by atoms with E-state index in [1.165, 1.54) is 12.1 Å². The molecule has 0 amide bonds. The van der Waals surface area contributed by atoms with Crippen molar-refractivity contribution in [3.05, 3.63) is 29.7 Å². The summed E-state index contributed by atoms with van der Waals surface area (Å²) in [5.74, 6) is -0.0372. The molecule has 5 nitrogen and oxygen atoms in total. The number of nitrogens with zero attached hydrogens (tertiary/aromatic N) is 3. The molecule has 0 unspecified atom stereocenters. The molecule has 1 aromatic carbocycles. The Hall–Kier alpha value is -2.09. The van der Waals surface area contributed by atoms with Crippen molar-refractivity contribution in [3.8, 4) is 11.4 Å². The Bertz CT molecular complexity index is 607. The second kappa shape index (κ2) is 5.12. The summed E-state index contributed by atoms with van der Waals surface area (Å²) < 4.78 is 43.9. The number of alkyl halides is 3. The molecule has 0 aliphatic rings. The van der Waals surface area contributed by atoms with E-state index in [9.17, 15) is 13.2 Å². The van der Waals surface area contributed by atoms with Gasteiger partial charge in [0.25, 0.3) is 0 Å². The zero-order chi connectivity index (χ0) is 14.9. The summed E-state index contributed by atoms with van der Waals surface area (Å²) in [6.45, 7) is -0.0261. The molecule has 0 bridgehead atoms. The quantitative estimate of drug-likeness (QED) is 0.937. The third-order valence-electron chi connectivity index (χ3n) is 2.71. The van der Waals surface area contributed by atoms with Crippen molar-refractivity contribution in [1.29, 1.82) is 0 Å². The van der Waals surface area contributed by atoms with E-state index in [1.54, 1.807) is 19.0 Å². The third kappa shape index (κ3) is 2.74. The van der Waals surface area contributed by atoms with Gasteiger partial charge in [0.05, 0.1) is 12.1 Å². The van der Waals surface area contributed by atoms with Crippen LogP contribution < -0.4 is 10.6 Å². The summed E-state index contributed by atoms with van der Waals surface area (Å²) in [5, 5.41) is 3.55. The van der Waals surface area contributed by atoms with E-state index in [1.807, 2.05) is 0 Å². The second-order valence-electron chi connectivity index (χ2n) is 4.34. The average molecular weight is 286 g/mol. The molecule has 0 aliphatic heterocycles. The van der Waals surface area contributed by atoms with Crippen LogP contribution in [0.3, 0.4) is 0 Å². The molecule has 0 saturated carbocycles.